The maximum atomic E-state index is 11.9. The van der Waals surface area contributed by atoms with Gasteiger partial charge >= 0.3 is 0 Å². The molecule has 2 heterocycles. The number of amides is 5. The Kier molecular flexibility index (Phi) is 55.6. The van der Waals surface area contributed by atoms with E-state index in [1.54, 1.807) is 66.7 Å². The second kappa shape index (κ2) is 59.2. The number of nitrogens with zero attached hydrogens (tertiary/aromatic N) is 2. The van der Waals surface area contributed by atoms with E-state index in [9.17, 15) is 85.6 Å². The number of hydrazine groups is 1. The second-order valence-corrected chi connectivity index (χ2v) is 33.6. The SMILES string of the molecule is CC(=O)CCC(=O)NCCCCCCOP(C)(=O)[O-].CC(=O)c1ccc(C(=O)NCCCCCCOP(C)(=O)[O-])cc1.CP(=O)([O-])OCCCCCCNC(=O)c1ccc(C=O)cc1.CP(=O)([O-])OCCCCCCNC(=O)c1ccc(NN)nc1.CP(=O)([O-])OCCCCCCNC(=O)c1ccc(ON)nc1. The van der Waals surface area contributed by atoms with E-state index in [4.69, 9.17) is 11.7 Å². The monoisotopic (exact) mass is 1620 g/mol. The maximum absolute atomic E-state index is 11.9. The van der Waals surface area contributed by atoms with Gasteiger partial charge in [0.05, 0.1) is 44.2 Å². The van der Waals surface area contributed by atoms with Gasteiger partial charge in [0.1, 0.15) is 55.9 Å². The third kappa shape index (κ3) is 62.2. The zero-order valence-corrected chi connectivity index (χ0v) is 67.3. The van der Waals surface area contributed by atoms with Gasteiger partial charge in [-0.2, -0.15) is 5.90 Å². The lowest BCUT2D eigenvalue weighted by atomic mass is 10.1. The van der Waals surface area contributed by atoms with Gasteiger partial charge in [-0.1, -0.05) is 88.5 Å². The number of unbranched alkanes of at least 4 members (excludes halogenated alkanes) is 15. The third-order valence-electron chi connectivity index (χ3n) is 14.3. The van der Waals surface area contributed by atoms with Gasteiger partial charge in [-0.15, -0.1) is 0 Å². The molecule has 0 radical (unpaired) electrons. The number of carbonyl (C=O) groups excluding carboxylic acids is 8. The van der Waals surface area contributed by atoms with Gasteiger partial charge in [-0.3, -0.25) is 33.6 Å². The lowest BCUT2D eigenvalue weighted by Gasteiger charge is -2.17. The van der Waals surface area contributed by atoms with Crippen molar-refractivity contribution < 1.29 is 113 Å². The Morgan fingerprint density at radius 1 is 0.389 bits per heavy atom. The highest BCUT2D eigenvalue weighted by Crippen LogP contribution is 2.34. The van der Waals surface area contributed by atoms with Crippen LogP contribution in [0.4, 0.5) is 5.82 Å². The highest BCUT2D eigenvalue weighted by atomic mass is 31.2. The van der Waals surface area contributed by atoms with E-state index < -0.39 is 38.0 Å². The fraction of sp³-hybridized carbons (Fsp3) is 0.565. The number of anilines is 1. The highest BCUT2D eigenvalue weighted by Gasteiger charge is 2.11. The van der Waals surface area contributed by atoms with Crippen LogP contribution >= 0.6 is 38.0 Å². The molecule has 0 saturated carbocycles. The number of aldehydes is 1. The Morgan fingerprint density at radius 2 is 0.676 bits per heavy atom. The molecule has 0 spiro atoms. The molecule has 39 heteroatoms. The molecule has 2 aromatic heterocycles. The van der Waals surface area contributed by atoms with Gasteiger partial charge in [0, 0.05) is 120 Å². The Balaban J connectivity index is 0.00000133. The summed E-state index contributed by atoms with van der Waals surface area (Å²) >= 11 is 0. The number of nitrogens with one attached hydrogen (secondary N) is 6. The zero-order chi connectivity index (χ0) is 81.3. The summed E-state index contributed by atoms with van der Waals surface area (Å²) in [5, 5.41) is 13.9. The molecule has 5 amide bonds. The first-order chi connectivity index (χ1) is 50.9. The normalized spacial score (nSPS) is 13.5. The summed E-state index contributed by atoms with van der Waals surface area (Å²) in [4.78, 5) is 157. The predicted molar refractivity (Wildman–Crippen MR) is 401 cm³/mol. The van der Waals surface area contributed by atoms with Crippen molar-refractivity contribution in [2.75, 3.05) is 105 Å². The molecule has 610 valence electrons. The molecule has 108 heavy (non-hydrogen) atoms. The van der Waals surface area contributed by atoms with Crippen LogP contribution in [-0.4, -0.2) is 156 Å². The summed E-state index contributed by atoms with van der Waals surface area (Å²) < 4.78 is 77.0. The van der Waals surface area contributed by atoms with Crippen LogP contribution in [0.1, 0.15) is 217 Å². The van der Waals surface area contributed by atoms with E-state index in [1.165, 1.54) is 32.3 Å². The first kappa shape index (κ1) is 101. The van der Waals surface area contributed by atoms with E-state index in [0.29, 0.717) is 104 Å². The number of rotatable bonds is 51. The summed E-state index contributed by atoms with van der Waals surface area (Å²) in [7, 11) is -18.0. The van der Waals surface area contributed by atoms with E-state index in [0.717, 1.165) is 136 Å². The summed E-state index contributed by atoms with van der Waals surface area (Å²) in [5.41, 5.74) is 5.46. The number of Topliss-reactive ketones (excluding diaryl/α,β-unsaturated/α-hetero) is 2. The van der Waals surface area contributed by atoms with Gasteiger partial charge in [-0.05, 0) is 121 Å². The van der Waals surface area contributed by atoms with Crippen molar-refractivity contribution in [3.63, 3.8) is 0 Å². The largest absolute Gasteiger partial charge is 0.779 e. The number of ketones is 2. The quantitative estimate of drug-likeness (QED) is 0.00537. The molecule has 0 aliphatic heterocycles. The Labute approximate surface area is 633 Å². The van der Waals surface area contributed by atoms with Gasteiger partial charge in [-0.25, -0.2) is 15.8 Å². The highest BCUT2D eigenvalue weighted by molar-refractivity contribution is 7.51. The third-order valence-corrected chi connectivity index (χ3v) is 17.6. The molecule has 0 saturated heterocycles. The second-order valence-electron chi connectivity index (χ2n) is 24.6. The van der Waals surface area contributed by atoms with Crippen LogP contribution < -0.4 is 73.1 Å². The molecular formula is C69H110N10O24P5-5. The number of nitrogens with two attached hydrogens (primary N) is 2. The lowest BCUT2D eigenvalue weighted by Crippen LogP contribution is -2.24. The molecule has 4 rings (SSSR count). The molecule has 10 N–H and O–H groups in total. The minimum atomic E-state index is -3.61. The molecule has 4 aromatic rings. The number of benzene rings is 2. The molecule has 34 nitrogen and oxygen atoms in total. The minimum Gasteiger partial charge on any atom is -0.779 e. The van der Waals surface area contributed by atoms with Crippen LogP contribution in [0.5, 0.6) is 5.88 Å². The number of hydrogen-bond acceptors (Lipinski definition) is 29. The lowest BCUT2D eigenvalue weighted by molar-refractivity contribution is -0.197. The van der Waals surface area contributed by atoms with Crippen molar-refractivity contribution >= 4 is 91.2 Å². The molecule has 0 fully saturated rings. The summed E-state index contributed by atoms with van der Waals surface area (Å²) in [6.07, 6.45) is 20.4. The van der Waals surface area contributed by atoms with E-state index in [1.807, 2.05) is 0 Å². The first-order valence-electron chi connectivity index (χ1n) is 35.3. The van der Waals surface area contributed by atoms with E-state index in [-0.39, 0.29) is 92.9 Å². The summed E-state index contributed by atoms with van der Waals surface area (Å²) in [5.74, 6) is 10.0. The van der Waals surface area contributed by atoms with Crippen molar-refractivity contribution in [3.05, 3.63) is 119 Å². The van der Waals surface area contributed by atoms with Crippen LogP contribution in [-0.2, 0) is 55.0 Å². The smallest absolute Gasteiger partial charge is 0.252 e. The molecule has 0 aliphatic carbocycles. The van der Waals surface area contributed by atoms with Crippen molar-refractivity contribution in [3.8, 4) is 5.88 Å². The van der Waals surface area contributed by atoms with Gasteiger partial charge in [0.25, 0.3) is 23.6 Å². The Bertz CT molecular complexity index is 3370. The summed E-state index contributed by atoms with van der Waals surface area (Å²) in [6, 6.07) is 19.3. The summed E-state index contributed by atoms with van der Waals surface area (Å²) in [6.45, 7) is 12.1. The molecule has 5 atom stereocenters. The zero-order valence-electron chi connectivity index (χ0n) is 62.9. The number of nitrogen functional groups attached to an aromatic ring is 1. The van der Waals surface area contributed by atoms with Gasteiger partial charge in [0.2, 0.25) is 11.8 Å². The first-order valence-corrected chi connectivity index (χ1v) is 45.3. The number of carbonyl (C=O) groups is 8. The van der Waals surface area contributed by atoms with Crippen molar-refractivity contribution in [2.45, 2.75) is 155 Å². The molecule has 5 unspecified atom stereocenters. The van der Waals surface area contributed by atoms with Crippen LogP contribution in [0.25, 0.3) is 0 Å². The van der Waals surface area contributed by atoms with Crippen LogP contribution in [0, 0.1) is 0 Å². The minimum absolute atomic E-state index is 0.0155. The van der Waals surface area contributed by atoms with Crippen LogP contribution in [0.15, 0.2) is 85.2 Å². The molecule has 0 bridgehead atoms. The number of pyridine rings is 2. The number of aromatic nitrogens is 2. The number of hydrogen-bond donors (Lipinski definition) is 8. The molecule has 2 aromatic carbocycles. The standard InChI is InChI=1S/C16H24NO5P.C15H22NO5P.C13H23N4O4P.C13H22N3O5P.C12H24NO5P/c1-13(18)14-7-9-15(10-8-14)16(19)17-11-5-3-4-6-12-22-23(2,20)21;1-22(19,20)21-11-5-3-2-4-10-16-15(18)14-8-6-13(12-17)7-9-14;1-22(19,20)21-9-5-3-2-4-8-15-13(18)11-6-7-12(17-14)16-10-11;1-22(18,19)20-9-5-3-2-4-8-15-13(17)11-6-7-12(21-14)16-10-11;1-11(14)7-8-12(15)13-9-5-3-4-6-10-18-19(2,16)17/h7-10H,3-6,11-12H2,1-2H3,(H,17,19)(H,20,21);6-9,12H,2-5,10-11H2,1H3,(H,16,18)(H,19,20);6-7,10H,2-5,8-9,14H2,1H3,(H,15,18)(H,16,17)(H,19,20);6-7,10H,2-5,8-9,14H2,1H3,(H,15,17)(H,18,19);3-10H2,1-2H3,(H,13,15)(H,16,17)/p-5. The Morgan fingerprint density at radius 3 is 0.944 bits per heavy atom. The van der Waals surface area contributed by atoms with E-state index >= 15 is 0 Å². The maximum Gasteiger partial charge on any atom is 0.252 e. The Hall–Kier alpha value is -6.63. The van der Waals surface area contributed by atoms with Gasteiger partial charge < -0.3 is 112 Å². The van der Waals surface area contributed by atoms with Crippen molar-refractivity contribution in [1.29, 1.82) is 0 Å². The topological polar surface area (TPSA) is 543 Å². The van der Waals surface area contributed by atoms with E-state index in [2.05, 4.69) is 69.4 Å². The molecular weight excluding hydrogens is 1510 g/mol. The fourth-order valence-electron chi connectivity index (χ4n) is 8.64. The van der Waals surface area contributed by atoms with Crippen LogP contribution in [0.3, 0.4) is 0 Å². The van der Waals surface area contributed by atoms with Crippen LogP contribution in [0.2, 0.25) is 0 Å². The fourth-order valence-corrected chi connectivity index (χ4v) is 10.9. The van der Waals surface area contributed by atoms with Gasteiger partial charge in [0.15, 0.2) is 5.78 Å². The average Bonchev–Trinajstić information content (AvgIpc) is 0.898. The average molecular weight is 1620 g/mol. The predicted octanol–water partition coefficient (Wildman–Crippen LogP) is 7.28. The molecule has 0 aliphatic rings. The van der Waals surface area contributed by atoms with Crippen molar-refractivity contribution in [1.82, 2.24) is 36.6 Å². The van der Waals surface area contributed by atoms with Crippen molar-refractivity contribution in [2.24, 2.45) is 11.7 Å².